The summed E-state index contributed by atoms with van der Waals surface area (Å²) in [6.45, 7) is 10.2. The number of hydrogen-bond acceptors (Lipinski definition) is 4. The number of nitrogens with one attached hydrogen (secondary N) is 1. The molecule has 4 nitrogen and oxygen atoms in total. The molecule has 1 N–H and O–H groups in total. The molecule has 3 fully saturated rings. The van der Waals surface area contributed by atoms with Gasteiger partial charge in [-0.1, -0.05) is 24.3 Å². The van der Waals surface area contributed by atoms with Crippen molar-refractivity contribution < 1.29 is 4.74 Å². The number of aryl methyl sites for hydroxylation is 1. The monoisotopic (exact) mass is 343 g/mol. The SMILES string of the molecule is Cc1ccccc1[C@@H]1CN(C2CCN(C3CCOCC3)CC2)CCN1. The molecule has 1 aromatic rings. The first kappa shape index (κ1) is 17.5. The molecule has 0 bridgehead atoms. The molecule has 25 heavy (non-hydrogen) atoms. The van der Waals surface area contributed by atoms with E-state index in [1.54, 1.807) is 0 Å². The summed E-state index contributed by atoms with van der Waals surface area (Å²) < 4.78 is 5.53. The minimum absolute atomic E-state index is 0.489. The molecule has 3 aliphatic rings. The summed E-state index contributed by atoms with van der Waals surface area (Å²) >= 11 is 0. The molecular formula is C21H33N3O. The molecule has 3 aliphatic heterocycles. The van der Waals surface area contributed by atoms with Crippen LogP contribution in [0, 0.1) is 6.92 Å². The van der Waals surface area contributed by atoms with E-state index in [9.17, 15) is 0 Å². The maximum atomic E-state index is 5.53. The summed E-state index contributed by atoms with van der Waals surface area (Å²) in [5.74, 6) is 0. The van der Waals surface area contributed by atoms with Crippen LogP contribution in [0.25, 0.3) is 0 Å². The highest BCUT2D eigenvalue weighted by atomic mass is 16.5. The second-order valence-corrected chi connectivity index (χ2v) is 7.97. The molecule has 3 heterocycles. The van der Waals surface area contributed by atoms with E-state index in [1.165, 1.54) is 56.4 Å². The zero-order valence-corrected chi connectivity index (χ0v) is 15.6. The number of nitrogens with zero attached hydrogens (tertiary/aromatic N) is 2. The van der Waals surface area contributed by atoms with Crippen LogP contribution in [0.2, 0.25) is 0 Å². The summed E-state index contributed by atoms with van der Waals surface area (Å²) in [7, 11) is 0. The molecule has 0 unspecified atom stereocenters. The Kier molecular flexibility index (Phi) is 5.71. The highest BCUT2D eigenvalue weighted by Crippen LogP contribution is 2.26. The second kappa shape index (κ2) is 8.17. The van der Waals surface area contributed by atoms with Gasteiger partial charge in [0, 0.05) is 51.0 Å². The molecule has 0 aromatic heterocycles. The van der Waals surface area contributed by atoms with Crippen LogP contribution >= 0.6 is 0 Å². The Morgan fingerprint density at radius 2 is 1.64 bits per heavy atom. The van der Waals surface area contributed by atoms with Crippen molar-refractivity contribution in [2.75, 3.05) is 45.9 Å². The lowest BCUT2D eigenvalue weighted by atomic mass is 9.95. The van der Waals surface area contributed by atoms with Gasteiger partial charge in [-0.05, 0) is 56.8 Å². The van der Waals surface area contributed by atoms with Gasteiger partial charge in [0.2, 0.25) is 0 Å². The molecule has 0 radical (unpaired) electrons. The van der Waals surface area contributed by atoms with Gasteiger partial charge in [0.15, 0.2) is 0 Å². The van der Waals surface area contributed by atoms with Gasteiger partial charge >= 0.3 is 0 Å². The Balaban J connectivity index is 1.32. The van der Waals surface area contributed by atoms with Gasteiger partial charge in [0.05, 0.1) is 0 Å². The molecule has 4 rings (SSSR count). The average Bonchev–Trinajstić information content (AvgIpc) is 2.69. The molecule has 1 atom stereocenters. The molecule has 3 saturated heterocycles. The normalized spacial score (nSPS) is 28.3. The van der Waals surface area contributed by atoms with E-state index < -0.39 is 0 Å². The van der Waals surface area contributed by atoms with Gasteiger partial charge in [-0.3, -0.25) is 4.90 Å². The van der Waals surface area contributed by atoms with Crippen LogP contribution in [-0.2, 0) is 4.74 Å². The Morgan fingerprint density at radius 1 is 0.920 bits per heavy atom. The van der Waals surface area contributed by atoms with Crippen LogP contribution in [0.15, 0.2) is 24.3 Å². The fraction of sp³-hybridized carbons (Fsp3) is 0.714. The van der Waals surface area contributed by atoms with E-state index in [0.29, 0.717) is 6.04 Å². The van der Waals surface area contributed by atoms with Crippen molar-refractivity contribution >= 4 is 0 Å². The molecule has 0 amide bonds. The van der Waals surface area contributed by atoms with Crippen molar-refractivity contribution in [1.29, 1.82) is 0 Å². The molecular weight excluding hydrogens is 310 g/mol. The van der Waals surface area contributed by atoms with Gasteiger partial charge < -0.3 is 15.0 Å². The van der Waals surface area contributed by atoms with Crippen LogP contribution in [0.3, 0.4) is 0 Å². The van der Waals surface area contributed by atoms with Gasteiger partial charge in [-0.25, -0.2) is 0 Å². The Bertz CT molecular complexity index is 550. The third-order valence-electron chi connectivity index (χ3n) is 6.49. The van der Waals surface area contributed by atoms with Crippen molar-refractivity contribution in [2.24, 2.45) is 0 Å². The van der Waals surface area contributed by atoms with Crippen molar-refractivity contribution in [3.8, 4) is 0 Å². The number of ether oxygens (including phenoxy) is 1. The van der Waals surface area contributed by atoms with Crippen LogP contribution in [0.1, 0.15) is 42.9 Å². The topological polar surface area (TPSA) is 27.7 Å². The number of benzene rings is 1. The van der Waals surface area contributed by atoms with Crippen molar-refractivity contribution in [1.82, 2.24) is 15.1 Å². The zero-order chi connectivity index (χ0) is 17.1. The van der Waals surface area contributed by atoms with Crippen LogP contribution in [-0.4, -0.2) is 67.8 Å². The first-order valence-corrected chi connectivity index (χ1v) is 10.2. The Hall–Kier alpha value is -0.940. The third kappa shape index (κ3) is 4.08. The van der Waals surface area contributed by atoms with E-state index in [1.807, 2.05) is 0 Å². The molecule has 1 aromatic carbocycles. The highest BCUT2D eigenvalue weighted by Gasteiger charge is 2.31. The number of piperidine rings is 1. The summed E-state index contributed by atoms with van der Waals surface area (Å²) in [5, 5.41) is 3.74. The van der Waals surface area contributed by atoms with Crippen LogP contribution in [0.5, 0.6) is 0 Å². The standard InChI is InChI=1S/C21H33N3O/c1-17-4-2-3-5-20(17)21-16-24(13-10-22-21)18-6-11-23(12-7-18)19-8-14-25-15-9-19/h2-5,18-19,21-22H,6-16H2,1H3/t21-/m0/s1. The summed E-state index contributed by atoms with van der Waals surface area (Å²) in [4.78, 5) is 5.50. The first-order valence-electron chi connectivity index (χ1n) is 10.2. The minimum atomic E-state index is 0.489. The zero-order valence-electron chi connectivity index (χ0n) is 15.6. The van der Waals surface area contributed by atoms with E-state index in [0.717, 1.165) is 38.4 Å². The largest absolute Gasteiger partial charge is 0.381 e. The average molecular weight is 344 g/mol. The number of rotatable bonds is 3. The number of piperazine rings is 1. The highest BCUT2D eigenvalue weighted by molar-refractivity contribution is 5.29. The van der Waals surface area contributed by atoms with E-state index in [2.05, 4.69) is 46.3 Å². The van der Waals surface area contributed by atoms with E-state index >= 15 is 0 Å². The van der Waals surface area contributed by atoms with E-state index in [4.69, 9.17) is 4.74 Å². The van der Waals surface area contributed by atoms with Gasteiger partial charge in [-0.2, -0.15) is 0 Å². The Morgan fingerprint density at radius 3 is 2.40 bits per heavy atom. The lowest BCUT2D eigenvalue weighted by molar-refractivity contribution is 0.00981. The predicted molar refractivity (Wildman–Crippen MR) is 102 cm³/mol. The predicted octanol–water partition coefficient (Wildman–Crippen LogP) is 2.58. The fourth-order valence-electron chi connectivity index (χ4n) is 4.96. The van der Waals surface area contributed by atoms with Crippen molar-refractivity contribution in [3.05, 3.63) is 35.4 Å². The minimum Gasteiger partial charge on any atom is -0.381 e. The Labute approximate surface area is 152 Å². The number of hydrogen-bond donors (Lipinski definition) is 1. The maximum Gasteiger partial charge on any atom is 0.0480 e. The van der Waals surface area contributed by atoms with Gasteiger partial charge in [-0.15, -0.1) is 0 Å². The molecule has 0 spiro atoms. The second-order valence-electron chi connectivity index (χ2n) is 7.97. The lowest BCUT2D eigenvalue weighted by Gasteiger charge is -2.45. The van der Waals surface area contributed by atoms with Crippen molar-refractivity contribution in [3.63, 3.8) is 0 Å². The molecule has 0 aliphatic carbocycles. The smallest absolute Gasteiger partial charge is 0.0480 e. The molecule has 138 valence electrons. The van der Waals surface area contributed by atoms with Gasteiger partial charge in [0.25, 0.3) is 0 Å². The summed E-state index contributed by atoms with van der Waals surface area (Å²) in [6.07, 6.45) is 5.12. The van der Waals surface area contributed by atoms with Crippen LogP contribution in [0.4, 0.5) is 0 Å². The van der Waals surface area contributed by atoms with E-state index in [-0.39, 0.29) is 0 Å². The quantitative estimate of drug-likeness (QED) is 0.913. The van der Waals surface area contributed by atoms with Gasteiger partial charge in [0.1, 0.15) is 0 Å². The number of likely N-dealkylation sites (tertiary alicyclic amines) is 1. The molecule has 4 heteroatoms. The first-order chi connectivity index (χ1) is 12.3. The molecule has 0 saturated carbocycles. The summed E-state index contributed by atoms with van der Waals surface area (Å²) in [5.41, 5.74) is 2.89. The summed E-state index contributed by atoms with van der Waals surface area (Å²) in [6, 6.07) is 10.9. The van der Waals surface area contributed by atoms with Crippen molar-refractivity contribution in [2.45, 2.75) is 50.7 Å². The lowest BCUT2D eigenvalue weighted by Crippen LogP contribution is -2.54. The fourth-order valence-corrected chi connectivity index (χ4v) is 4.96. The maximum absolute atomic E-state index is 5.53. The third-order valence-corrected chi connectivity index (χ3v) is 6.49. The van der Waals surface area contributed by atoms with Crippen LogP contribution < -0.4 is 5.32 Å².